The lowest BCUT2D eigenvalue weighted by atomic mass is 10.1. The largest absolute Gasteiger partial charge is 0.444 e. The summed E-state index contributed by atoms with van der Waals surface area (Å²) in [5.74, 6) is 0. The number of piperidine rings is 1. The molecule has 1 heterocycles. The van der Waals surface area contributed by atoms with Gasteiger partial charge in [-0.3, -0.25) is 0 Å². The molecule has 19 heavy (non-hydrogen) atoms. The van der Waals surface area contributed by atoms with Crippen LogP contribution < -0.4 is 5.73 Å². The zero-order valence-corrected chi connectivity index (χ0v) is 12.7. The Labute approximate surface area is 117 Å². The van der Waals surface area contributed by atoms with Gasteiger partial charge in [0.05, 0.1) is 0 Å². The second-order valence-corrected chi connectivity index (χ2v) is 6.16. The molecule has 5 nitrogen and oxygen atoms in total. The first-order chi connectivity index (χ1) is 8.92. The average molecular weight is 271 g/mol. The van der Waals surface area contributed by atoms with Crippen molar-refractivity contribution in [1.82, 2.24) is 9.80 Å². The maximum atomic E-state index is 12.1. The fourth-order valence-electron chi connectivity index (χ4n) is 2.22. The molecule has 0 radical (unpaired) electrons. The van der Waals surface area contributed by atoms with E-state index in [-0.39, 0.29) is 6.09 Å². The van der Waals surface area contributed by atoms with Crippen LogP contribution in [-0.2, 0) is 4.74 Å². The minimum absolute atomic E-state index is 0.255. The lowest BCUT2D eigenvalue weighted by Crippen LogP contribution is -2.44. The normalized spacial score (nSPS) is 17.3. The summed E-state index contributed by atoms with van der Waals surface area (Å²) in [6.07, 6.45) is 3.61. The van der Waals surface area contributed by atoms with Crippen molar-refractivity contribution in [2.75, 3.05) is 39.3 Å². The van der Waals surface area contributed by atoms with Crippen molar-refractivity contribution in [2.45, 2.75) is 45.6 Å². The first kappa shape index (κ1) is 16.2. The first-order valence-corrected chi connectivity index (χ1v) is 7.33. The number of carbonyl (C=O) groups excluding carboxylic acids is 1. The van der Waals surface area contributed by atoms with E-state index in [4.69, 9.17) is 10.5 Å². The molecule has 0 bridgehead atoms. The summed E-state index contributed by atoms with van der Waals surface area (Å²) >= 11 is 0. The van der Waals surface area contributed by atoms with Crippen LogP contribution in [0.2, 0.25) is 0 Å². The Morgan fingerprint density at radius 3 is 2.37 bits per heavy atom. The number of hydrogen-bond acceptors (Lipinski definition) is 4. The molecule has 1 rings (SSSR count). The number of likely N-dealkylation sites (tertiary alicyclic amines) is 1. The van der Waals surface area contributed by atoms with Gasteiger partial charge in [-0.2, -0.15) is 0 Å². The van der Waals surface area contributed by atoms with Gasteiger partial charge < -0.3 is 20.3 Å². The van der Waals surface area contributed by atoms with Crippen LogP contribution in [0, 0.1) is 0 Å². The molecule has 112 valence electrons. The minimum Gasteiger partial charge on any atom is -0.444 e. The van der Waals surface area contributed by atoms with Crippen LogP contribution in [-0.4, -0.2) is 60.8 Å². The molecule has 0 unspecified atom stereocenters. The number of hydrogen-bond donors (Lipinski definition) is 1. The van der Waals surface area contributed by atoms with Crippen molar-refractivity contribution >= 4 is 6.09 Å². The molecular weight excluding hydrogens is 242 g/mol. The minimum atomic E-state index is -0.449. The Kier molecular flexibility index (Phi) is 6.58. The van der Waals surface area contributed by atoms with E-state index in [0.29, 0.717) is 19.6 Å². The predicted octanol–water partition coefficient (Wildman–Crippen LogP) is 1.67. The van der Waals surface area contributed by atoms with Crippen molar-refractivity contribution in [3.05, 3.63) is 0 Å². The zero-order valence-electron chi connectivity index (χ0n) is 12.7. The summed E-state index contributed by atoms with van der Waals surface area (Å²) in [6.45, 7) is 10.6. The summed E-state index contributed by atoms with van der Waals surface area (Å²) in [6, 6.07) is 0. The zero-order chi connectivity index (χ0) is 14.3. The van der Waals surface area contributed by atoms with Gasteiger partial charge in [-0.1, -0.05) is 6.42 Å². The number of nitrogens with two attached hydrogens (primary N) is 1. The number of carbonyl (C=O) groups is 1. The van der Waals surface area contributed by atoms with E-state index in [1.807, 2.05) is 20.8 Å². The highest BCUT2D eigenvalue weighted by Gasteiger charge is 2.22. The van der Waals surface area contributed by atoms with Gasteiger partial charge >= 0.3 is 6.09 Å². The van der Waals surface area contributed by atoms with Crippen LogP contribution in [0.1, 0.15) is 40.0 Å². The monoisotopic (exact) mass is 271 g/mol. The van der Waals surface area contributed by atoms with Crippen LogP contribution in [0.3, 0.4) is 0 Å². The van der Waals surface area contributed by atoms with E-state index >= 15 is 0 Å². The topological polar surface area (TPSA) is 58.8 Å². The Morgan fingerprint density at radius 1 is 1.21 bits per heavy atom. The molecular formula is C14H29N3O2. The van der Waals surface area contributed by atoms with E-state index in [0.717, 1.165) is 19.6 Å². The molecule has 0 saturated carbocycles. The molecule has 0 aliphatic carbocycles. The molecule has 0 spiro atoms. The lowest BCUT2D eigenvalue weighted by molar-refractivity contribution is 0.0234. The lowest BCUT2D eigenvalue weighted by Gasteiger charge is -2.31. The molecule has 0 aromatic carbocycles. The molecule has 2 N–H and O–H groups in total. The molecule has 0 atom stereocenters. The summed E-state index contributed by atoms with van der Waals surface area (Å²) in [5.41, 5.74) is 5.13. The second kappa shape index (κ2) is 7.70. The Balaban J connectivity index is 2.40. The molecule has 5 heteroatoms. The number of ether oxygens (including phenoxy) is 1. The van der Waals surface area contributed by atoms with Crippen LogP contribution in [0.5, 0.6) is 0 Å². The van der Waals surface area contributed by atoms with E-state index in [1.54, 1.807) is 4.90 Å². The Morgan fingerprint density at radius 2 is 1.84 bits per heavy atom. The Hall–Kier alpha value is -0.810. The SMILES string of the molecule is CC(C)(C)OC(=O)N(CCN)CCN1CCCCC1. The molecule has 0 aromatic rings. The van der Waals surface area contributed by atoms with E-state index in [1.165, 1.54) is 19.3 Å². The third-order valence-corrected chi connectivity index (χ3v) is 3.19. The summed E-state index contributed by atoms with van der Waals surface area (Å²) in [5, 5.41) is 0. The van der Waals surface area contributed by atoms with Gasteiger partial charge in [0, 0.05) is 26.2 Å². The van der Waals surface area contributed by atoms with Gasteiger partial charge in [-0.25, -0.2) is 4.79 Å². The smallest absolute Gasteiger partial charge is 0.410 e. The van der Waals surface area contributed by atoms with E-state index in [2.05, 4.69) is 4.90 Å². The van der Waals surface area contributed by atoms with Gasteiger partial charge in [0.2, 0.25) is 0 Å². The fourth-order valence-corrected chi connectivity index (χ4v) is 2.22. The second-order valence-electron chi connectivity index (χ2n) is 6.16. The maximum absolute atomic E-state index is 12.1. The van der Waals surface area contributed by atoms with Gasteiger partial charge in [-0.15, -0.1) is 0 Å². The predicted molar refractivity (Wildman–Crippen MR) is 77.2 cm³/mol. The van der Waals surface area contributed by atoms with Crippen LogP contribution >= 0.6 is 0 Å². The third kappa shape index (κ3) is 6.78. The van der Waals surface area contributed by atoms with Gasteiger partial charge in [0.15, 0.2) is 0 Å². The first-order valence-electron chi connectivity index (χ1n) is 7.33. The van der Waals surface area contributed by atoms with Gasteiger partial charge in [-0.05, 0) is 46.7 Å². The molecule has 1 saturated heterocycles. The summed E-state index contributed by atoms with van der Waals surface area (Å²) in [7, 11) is 0. The molecule has 1 amide bonds. The fraction of sp³-hybridized carbons (Fsp3) is 0.929. The maximum Gasteiger partial charge on any atom is 0.410 e. The van der Waals surface area contributed by atoms with Crippen molar-refractivity contribution in [3.8, 4) is 0 Å². The van der Waals surface area contributed by atoms with E-state index in [9.17, 15) is 4.79 Å². The highest BCUT2D eigenvalue weighted by Crippen LogP contribution is 2.11. The average Bonchev–Trinajstić information content (AvgIpc) is 2.33. The highest BCUT2D eigenvalue weighted by molar-refractivity contribution is 5.68. The standard InChI is InChI=1S/C14H29N3O2/c1-14(2,3)19-13(18)17(10-7-15)12-11-16-8-5-4-6-9-16/h4-12,15H2,1-3H3. The number of amides is 1. The van der Waals surface area contributed by atoms with Crippen molar-refractivity contribution < 1.29 is 9.53 Å². The van der Waals surface area contributed by atoms with Gasteiger partial charge in [0.1, 0.15) is 5.60 Å². The van der Waals surface area contributed by atoms with Crippen LogP contribution in [0.15, 0.2) is 0 Å². The quantitative estimate of drug-likeness (QED) is 0.826. The molecule has 1 aliphatic heterocycles. The van der Waals surface area contributed by atoms with Crippen molar-refractivity contribution in [2.24, 2.45) is 5.73 Å². The van der Waals surface area contributed by atoms with Crippen LogP contribution in [0.4, 0.5) is 4.79 Å². The van der Waals surface area contributed by atoms with Crippen LogP contribution in [0.25, 0.3) is 0 Å². The summed E-state index contributed by atoms with van der Waals surface area (Å²) < 4.78 is 5.41. The Bertz CT molecular complexity index is 270. The third-order valence-electron chi connectivity index (χ3n) is 3.19. The number of rotatable bonds is 5. The molecule has 0 aromatic heterocycles. The summed E-state index contributed by atoms with van der Waals surface area (Å²) in [4.78, 5) is 16.2. The van der Waals surface area contributed by atoms with Crippen molar-refractivity contribution in [1.29, 1.82) is 0 Å². The number of nitrogens with zero attached hydrogens (tertiary/aromatic N) is 2. The van der Waals surface area contributed by atoms with Gasteiger partial charge in [0.25, 0.3) is 0 Å². The van der Waals surface area contributed by atoms with E-state index < -0.39 is 5.60 Å². The van der Waals surface area contributed by atoms with Crippen molar-refractivity contribution in [3.63, 3.8) is 0 Å². The highest BCUT2D eigenvalue weighted by atomic mass is 16.6. The molecule has 1 fully saturated rings. The molecule has 1 aliphatic rings.